The van der Waals surface area contributed by atoms with Crippen LogP contribution in [0.2, 0.25) is 5.02 Å². The van der Waals surface area contributed by atoms with Crippen molar-refractivity contribution in [3.05, 3.63) is 70.2 Å². The van der Waals surface area contributed by atoms with E-state index in [4.69, 9.17) is 17.3 Å². The van der Waals surface area contributed by atoms with Crippen LogP contribution in [-0.2, 0) is 0 Å². The van der Waals surface area contributed by atoms with Crippen LogP contribution in [0, 0.1) is 0 Å². The third kappa shape index (κ3) is 2.92. The molecule has 94 valence electrons. The summed E-state index contributed by atoms with van der Waals surface area (Å²) in [6.07, 6.45) is 0. The average Bonchev–Trinajstić information content (AvgIpc) is 2.38. The standard InChI is InChI=1S/C16H18ClN/c1-11(2)12-6-8-13(9-7-12)16(18)14-4-3-5-15(17)10-14/h3-11,16H,18H2,1-2H3. The van der Waals surface area contributed by atoms with Crippen molar-refractivity contribution in [1.82, 2.24) is 0 Å². The van der Waals surface area contributed by atoms with Crippen LogP contribution in [0.25, 0.3) is 0 Å². The maximum absolute atomic E-state index is 6.25. The minimum Gasteiger partial charge on any atom is -0.320 e. The molecule has 2 aromatic carbocycles. The van der Waals surface area contributed by atoms with Crippen molar-refractivity contribution in [2.45, 2.75) is 25.8 Å². The van der Waals surface area contributed by atoms with Gasteiger partial charge in [0.05, 0.1) is 6.04 Å². The second kappa shape index (κ2) is 5.55. The average molecular weight is 260 g/mol. The van der Waals surface area contributed by atoms with Crippen LogP contribution in [-0.4, -0.2) is 0 Å². The van der Waals surface area contributed by atoms with E-state index in [1.165, 1.54) is 5.56 Å². The summed E-state index contributed by atoms with van der Waals surface area (Å²) in [4.78, 5) is 0. The van der Waals surface area contributed by atoms with Crippen LogP contribution >= 0.6 is 11.6 Å². The quantitative estimate of drug-likeness (QED) is 0.862. The first-order valence-electron chi connectivity index (χ1n) is 6.19. The van der Waals surface area contributed by atoms with Gasteiger partial charge in [-0.1, -0.05) is 61.8 Å². The van der Waals surface area contributed by atoms with Gasteiger partial charge >= 0.3 is 0 Å². The Bertz CT molecular complexity index is 517. The molecule has 2 N–H and O–H groups in total. The number of hydrogen-bond acceptors (Lipinski definition) is 1. The van der Waals surface area contributed by atoms with Gasteiger partial charge in [0.25, 0.3) is 0 Å². The van der Waals surface area contributed by atoms with Gasteiger partial charge in [0.1, 0.15) is 0 Å². The lowest BCUT2D eigenvalue weighted by atomic mass is 9.96. The molecule has 1 nitrogen and oxygen atoms in total. The zero-order valence-electron chi connectivity index (χ0n) is 10.7. The van der Waals surface area contributed by atoms with E-state index in [1.807, 2.05) is 24.3 Å². The van der Waals surface area contributed by atoms with Crippen LogP contribution in [0.4, 0.5) is 0 Å². The summed E-state index contributed by atoms with van der Waals surface area (Å²) in [5.74, 6) is 0.543. The summed E-state index contributed by atoms with van der Waals surface area (Å²) in [5.41, 5.74) is 9.74. The molecule has 1 atom stereocenters. The van der Waals surface area contributed by atoms with Crippen LogP contribution in [0.1, 0.15) is 42.5 Å². The van der Waals surface area contributed by atoms with E-state index in [2.05, 4.69) is 38.1 Å². The van der Waals surface area contributed by atoms with E-state index in [9.17, 15) is 0 Å². The number of nitrogens with two attached hydrogens (primary N) is 1. The minimum absolute atomic E-state index is 0.120. The Balaban J connectivity index is 2.26. The fourth-order valence-electron chi connectivity index (χ4n) is 1.98. The molecule has 0 bridgehead atoms. The number of hydrogen-bond donors (Lipinski definition) is 1. The van der Waals surface area contributed by atoms with Gasteiger partial charge in [-0.05, 0) is 34.7 Å². The van der Waals surface area contributed by atoms with E-state index in [0.29, 0.717) is 5.92 Å². The molecule has 0 aliphatic rings. The molecular weight excluding hydrogens is 242 g/mol. The van der Waals surface area contributed by atoms with Gasteiger partial charge in [0.2, 0.25) is 0 Å². The molecule has 0 amide bonds. The molecule has 2 aromatic rings. The zero-order valence-corrected chi connectivity index (χ0v) is 11.5. The molecule has 2 rings (SSSR count). The van der Waals surface area contributed by atoms with Crippen molar-refractivity contribution in [3.8, 4) is 0 Å². The van der Waals surface area contributed by atoms with Gasteiger partial charge in [-0.2, -0.15) is 0 Å². The smallest absolute Gasteiger partial charge is 0.0552 e. The van der Waals surface area contributed by atoms with Gasteiger partial charge < -0.3 is 5.73 Å². The van der Waals surface area contributed by atoms with Crippen molar-refractivity contribution >= 4 is 11.6 Å². The minimum atomic E-state index is -0.120. The van der Waals surface area contributed by atoms with Gasteiger partial charge in [-0.25, -0.2) is 0 Å². The van der Waals surface area contributed by atoms with Gasteiger partial charge in [-0.15, -0.1) is 0 Å². The molecule has 0 aromatic heterocycles. The third-order valence-corrected chi connectivity index (χ3v) is 3.41. The number of benzene rings is 2. The highest BCUT2D eigenvalue weighted by Gasteiger charge is 2.09. The normalized spacial score (nSPS) is 12.7. The van der Waals surface area contributed by atoms with E-state index < -0.39 is 0 Å². The molecule has 0 aliphatic carbocycles. The first-order valence-corrected chi connectivity index (χ1v) is 6.56. The first kappa shape index (κ1) is 13.1. The molecule has 1 unspecified atom stereocenters. The highest BCUT2D eigenvalue weighted by atomic mass is 35.5. The molecule has 0 fully saturated rings. The molecular formula is C16H18ClN. The Morgan fingerprint density at radius 1 is 0.889 bits per heavy atom. The van der Waals surface area contributed by atoms with E-state index in [1.54, 1.807) is 0 Å². The Labute approximate surface area is 114 Å². The largest absolute Gasteiger partial charge is 0.320 e. The Morgan fingerprint density at radius 3 is 2.06 bits per heavy atom. The monoisotopic (exact) mass is 259 g/mol. The van der Waals surface area contributed by atoms with Crippen molar-refractivity contribution in [3.63, 3.8) is 0 Å². The second-order valence-electron chi connectivity index (χ2n) is 4.85. The molecule has 0 saturated carbocycles. The third-order valence-electron chi connectivity index (χ3n) is 3.17. The maximum Gasteiger partial charge on any atom is 0.0552 e. The van der Waals surface area contributed by atoms with E-state index in [0.717, 1.165) is 16.1 Å². The molecule has 0 heterocycles. The zero-order chi connectivity index (χ0) is 13.1. The van der Waals surface area contributed by atoms with Gasteiger partial charge in [0, 0.05) is 5.02 Å². The summed E-state index contributed by atoms with van der Waals surface area (Å²) < 4.78 is 0. The van der Waals surface area contributed by atoms with Crippen molar-refractivity contribution in [1.29, 1.82) is 0 Å². The maximum atomic E-state index is 6.25. The van der Waals surface area contributed by atoms with Crippen LogP contribution in [0.3, 0.4) is 0 Å². The van der Waals surface area contributed by atoms with Crippen LogP contribution < -0.4 is 5.73 Å². The van der Waals surface area contributed by atoms with Crippen molar-refractivity contribution in [2.24, 2.45) is 5.73 Å². The summed E-state index contributed by atoms with van der Waals surface area (Å²) >= 11 is 5.99. The SMILES string of the molecule is CC(C)c1ccc(C(N)c2cccc(Cl)c2)cc1. The fourth-order valence-corrected chi connectivity index (χ4v) is 2.18. The lowest BCUT2D eigenvalue weighted by Gasteiger charge is -2.14. The van der Waals surface area contributed by atoms with Gasteiger partial charge in [0.15, 0.2) is 0 Å². The van der Waals surface area contributed by atoms with Crippen molar-refractivity contribution < 1.29 is 0 Å². The predicted octanol–water partition coefficient (Wildman–Crippen LogP) is 4.51. The van der Waals surface area contributed by atoms with Crippen LogP contribution in [0.5, 0.6) is 0 Å². The predicted molar refractivity (Wildman–Crippen MR) is 78.0 cm³/mol. The molecule has 18 heavy (non-hydrogen) atoms. The second-order valence-corrected chi connectivity index (χ2v) is 5.29. The summed E-state index contributed by atoms with van der Waals surface area (Å²) in [7, 11) is 0. The topological polar surface area (TPSA) is 26.0 Å². The Morgan fingerprint density at radius 2 is 1.50 bits per heavy atom. The van der Waals surface area contributed by atoms with E-state index >= 15 is 0 Å². The molecule has 0 spiro atoms. The summed E-state index contributed by atoms with van der Waals surface area (Å²) in [6, 6.07) is 16.1. The lowest BCUT2D eigenvalue weighted by molar-refractivity contribution is 0.847. The molecule has 0 radical (unpaired) electrons. The lowest BCUT2D eigenvalue weighted by Crippen LogP contribution is -2.11. The Kier molecular flexibility index (Phi) is 4.05. The summed E-state index contributed by atoms with van der Waals surface area (Å²) in [5, 5.41) is 0.724. The number of rotatable bonds is 3. The molecule has 0 aliphatic heterocycles. The highest BCUT2D eigenvalue weighted by molar-refractivity contribution is 6.30. The molecule has 0 saturated heterocycles. The fraction of sp³-hybridized carbons (Fsp3) is 0.250. The highest BCUT2D eigenvalue weighted by Crippen LogP contribution is 2.24. The van der Waals surface area contributed by atoms with Crippen molar-refractivity contribution in [2.75, 3.05) is 0 Å². The molecule has 2 heteroatoms. The van der Waals surface area contributed by atoms with Gasteiger partial charge in [-0.3, -0.25) is 0 Å². The first-order chi connectivity index (χ1) is 8.58. The van der Waals surface area contributed by atoms with E-state index in [-0.39, 0.29) is 6.04 Å². The number of halogens is 1. The Hall–Kier alpha value is -1.31. The summed E-state index contributed by atoms with van der Waals surface area (Å²) in [6.45, 7) is 4.37. The van der Waals surface area contributed by atoms with Crippen LogP contribution in [0.15, 0.2) is 48.5 Å².